The van der Waals surface area contributed by atoms with Crippen LogP contribution in [-0.4, -0.2) is 6.21 Å². The summed E-state index contributed by atoms with van der Waals surface area (Å²) in [6, 6.07) is 0. The van der Waals surface area contributed by atoms with E-state index in [0.29, 0.717) is 0 Å². The van der Waals surface area contributed by atoms with Crippen molar-refractivity contribution in [1.29, 1.82) is 0 Å². The van der Waals surface area contributed by atoms with Crippen LogP contribution in [0.3, 0.4) is 0 Å². The molecule has 0 N–H and O–H groups in total. The molecule has 54 valence electrons. The molecule has 1 aliphatic carbocycles. The maximum Gasteiger partial charge on any atom is 0.0431 e. The second-order valence-corrected chi connectivity index (χ2v) is 2.42. The third-order valence-corrected chi connectivity index (χ3v) is 1.76. The summed E-state index contributed by atoms with van der Waals surface area (Å²) in [5, 5.41) is 0. The molecule has 0 saturated heterocycles. The van der Waals surface area contributed by atoms with Gasteiger partial charge >= 0.3 is 0 Å². The lowest BCUT2D eigenvalue weighted by atomic mass is 10.2. The monoisotopic (exact) mass is 135 g/mol. The highest BCUT2D eigenvalue weighted by molar-refractivity contribution is 5.56. The number of hydrogen-bond acceptors (Lipinski definition) is 1. The lowest BCUT2D eigenvalue weighted by molar-refractivity contribution is 0.894. The SMILES string of the molecule is C=CC1=C(/N=C\C)CCC1. The van der Waals surface area contributed by atoms with Crippen molar-refractivity contribution in [1.82, 2.24) is 0 Å². The van der Waals surface area contributed by atoms with Gasteiger partial charge in [-0.05, 0) is 31.8 Å². The van der Waals surface area contributed by atoms with Crippen LogP contribution < -0.4 is 0 Å². The van der Waals surface area contributed by atoms with Crippen molar-refractivity contribution < 1.29 is 0 Å². The Kier molecular flexibility index (Phi) is 2.43. The molecule has 0 saturated carbocycles. The van der Waals surface area contributed by atoms with Crippen molar-refractivity contribution in [3.63, 3.8) is 0 Å². The zero-order valence-electron chi connectivity index (χ0n) is 6.43. The highest BCUT2D eigenvalue weighted by Gasteiger charge is 2.09. The Labute approximate surface area is 62.2 Å². The molecule has 0 unspecified atom stereocenters. The lowest BCUT2D eigenvalue weighted by Crippen LogP contribution is -1.75. The van der Waals surface area contributed by atoms with E-state index in [1.54, 1.807) is 0 Å². The van der Waals surface area contributed by atoms with Crippen LogP contribution in [-0.2, 0) is 0 Å². The number of nitrogens with zero attached hydrogens (tertiary/aromatic N) is 1. The third-order valence-electron chi connectivity index (χ3n) is 1.76. The van der Waals surface area contributed by atoms with E-state index in [-0.39, 0.29) is 0 Å². The second kappa shape index (κ2) is 3.35. The molecule has 0 spiro atoms. The van der Waals surface area contributed by atoms with Gasteiger partial charge in [-0.25, -0.2) is 0 Å². The van der Waals surface area contributed by atoms with Crippen molar-refractivity contribution in [2.75, 3.05) is 0 Å². The van der Waals surface area contributed by atoms with Gasteiger partial charge in [0.1, 0.15) is 0 Å². The summed E-state index contributed by atoms with van der Waals surface area (Å²) in [6.45, 7) is 5.69. The van der Waals surface area contributed by atoms with E-state index in [2.05, 4.69) is 11.6 Å². The van der Waals surface area contributed by atoms with E-state index in [0.717, 1.165) is 12.8 Å². The minimum atomic E-state index is 1.13. The molecule has 0 aromatic carbocycles. The summed E-state index contributed by atoms with van der Waals surface area (Å²) >= 11 is 0. The summed E-state index contributed by atoms with van der Waals surface area (Å²) in [7, 11) is 0. The molecule has 1 heteroatoms. The van der Waals surface area contributed by atoms with E-state index in [1.165, 1.54) is 17.7 Å². The zero-order chi connectivity index (χ0) is 7.40. The van der Waals surface area contributed by atoms with Gasteiger partial charge in [0.05, 0.1) is 0 Å². The minimum absolute atomic E-state index is 1.13. The molecule has 0 aromatic heterocycles. The molecule has 0 amide bonds. The van der Waals surface area contributed by atoms with Gasteiger partial charge in [-0.1, -0.05) is 12.7 Å². The Morgan fingerprint density at radius 1 is 1.50 bits per heavy atom. The van der Waals surface area contributed by atoms with Crippen molar-refractivity contribution in [2.24, 2.45) is 4.99 Å². The van der Waals surface area contributed by atoms with Crippen molar-refractivity contribution in [3.05, 3.63) is 23.9 Å². The van der Waals surface area contributed by atoms with Crippen LogP contribution in [0.15, 0.2) is 28.9 Å². The summed E-state index contributed by atoms with van der Waals surface area (Å²) in [5.74, 6) is 0. The topological polar surface area (TPSA) is 12.4 Å². The van der Waals surface area contributed by atoms with Crippen LogP contribution in [0.4, 0.5) is 0 Å². The van der Waals surface area contributed by atoms with Gasteiger partial charge in [-0.15, -0.1) is 0 Å². The molecule has 0 aromatic rings. The fourth-order valence-corrected chi connectivity index (χ4v) is 1.27. The van der Waals surface area contributed by atoms with Gasteiger partial charge in [0, 0.05) is 11.9 Å². The molecular formula is C9H13N. The van der Waals surface area contributed by atoms with Crippen LogP contribution in [0.1, 0.15) is 26.2 Å². The number of aliphatic imine (C=N–C) groups is 1. The first kappa shape index (κ1) is 7.26. The van der Waals surface area contributed by atoms with E-state index < -0.39 is 0 Å². The molecule has 10 heavy (non-hydrogen) atoms. The highest BCUT2D eigenvalue weighted by Crippen LogP contribution is 2.26. The first-order chi connectivity index (χ1) is 4.88. The van der Waals surface area contributed by atoms with Crippen LogP contribution in [0.25, 0.3) is 0 Å². The van der Waals surface area contributed by atoms with Crippen LogP contribution in [0.2, 0.25) is 0 Å². The Morgan fingerprint density at radius 2 is 2.30 bits per heavy atom. The summed E-state index contributed by atoms with van der Waals surface area (Å²) in [5.41, 5.74) is 2.57. The van der Waals surface area contributed by atoms with Gasteiger partial charge in [-0.3, -0.25) is 4.99 Å². The van der Waals surface area contributed by atoms with Crippen molar-refractivity contribution in [2.45, 2.75) is 26.2 Å². The van der Waals surface area contributed by atoms with Crippen LogP contribution in [0.5, 0.6) is 0 Å². The predicted molar refractivity (Wildman–Crippen MR) is 45.2 cm³/mol. The summed E-state index contributed by atoms with van der Waals surface area (Å²) in [6.07, 6.45) is 7.31. The maximum atomic E-state index is 4.26. The minimum Gasteiger partial charge on any atom is -0.266 e. The van der Waals surface area contributed by atoms with E-state index in [9.17, 15) is 0 Å². The van der Waals surface area contributed by atoms with Gasteiger partial charge in [0.2, 0.25) is 0 Å². The van der Waals surface area contributed by atoms with Gasteiger partial charge in [0.15, 0.2) is 0 Å². The molecule has 0 bridgehead atoms. The normalized spacial score (nSPS) is 18.9. The standard InChI is InChI=1S/C9H13N/c1-3-8-6-5-7-9(8)10-4-2/h3-4H,1,5-7H2,2H3/b10-4-. The van der Waals surface area contributed by atoms with Crippen LogP contribution >= 0.6 is 0 Å². The fraction of sp³-hybridized carbons (Fsp3) is 0.444. The Balaban J connectivity index is 2.77. The Bertz CT molecular complexity index is 187. The molecule has 0 radical (unpaired) electrons. The average molecular weight is 135 g/mol. The van der Waals surface area contributed by atoms with Gasteiger partial charge in [0.25, 0.3) is 0 Å². The number of allylic oxidation sites excluding steroid dienone is 3. The summed E-state index contributed by atoms with van der Waals surface area (Å²) < 4.78 is 0. The van der Waals surface area contributed by atoms with Crippen LogP contribution in [0, 0.1) is 0 Å². The first-order valence-corrected chi connectivity index (χ1v) is 3.71. The molecule has 1 rings (SSSR count). The molecule has 1 aliphatic rings. The first-order valence-electron chi connectivity index (χ1n) is 3.71. The fourth-order valence-electron chi connectivity index (χ4n) is 1.27. The third kappa shape index (κ3) is 1.35. The average Bonchev–Trinajstić information content (AvgIpc) is 2.36. The Morgan fingerprint density at radius 3 is 2.90 bits per heavy atom. The quantitative estimate of drug-likeness (QED) is 0.516. The van der Waals surface area contributed by atoms with E-state index >= 15 is 0 Å². The molecule has 0 fully saturated rings. The van der Waals surface area contributed by atoms with Crippen molar-refractivity contribution >= 4 is 6.21 Å². The smallest absolute Gasteiger partial charge is 0.0431 e. The maximum absolute atomic E-state index is 4.26. The second-order valence-electron chi connectivity index (χ2n) is 2.42. The zero-order valence-corrected chi connectivity index (χ0v) is 6.43. The molecule has 0 atom stereocenters. The number of hydrogen-bond donors (Lipinski definition) is 0. The number of rotatable bonds is 2. The molecule has 0 heterocycles. The predicted octanol–water partition coefficient (Wildman–Crippen LogP) is 2.70. The Hall–Kier alpha value is -0.850. The van der Waals surface area contributed by atoms with E-state index in [1.807, 2.05) is 19.2 Å². The largest absolute Gasteiger partial charge is 0.266 e. The van der Waals surface area contributed by atoms with Gasteiger partial charge < -0.3 is 0 Å². The van der Waals surface area contributed by atoms with Crippen molar-refractivity contribution in [3.8, 4) is 0 Å². The lowest BCUT2D eigenvalue weighted by Gasteiger charge is -1.92. The molecule has 1 nitrogen and oxygen atoms in total. The molecular weight excluding hydrogens is 122 g/mol. The molecule has 0 aliphatic heterocycles. The summed E-state index contributed by atoms with van der Waals surface area (Å²) in [4.78, 5) is 4.26. The van der Waals surface area contributed by atoms with E-state index in [4.69, 9.17) is 0 Å². The highest BCUT2D eigenvalue weighted by atomic mass is 14.7. The van der Waals surface area contributed by atoms with Gasteiger partial charge in [-0.2, -0.15) is 0 Å².